The summed E-state index contributed by atoms with van der Waals surface area (Å²) in [5, 5.41) is 12.9. The van der Waals surface area contributed by atoms with Gasteiger partial charge >= 0.3 is 0 Å². The van der Waals surface area contributed by atoms with Crippen molar-refractivity contribution in [3.8, 4) is 5.75 Å². The molecule has 0 spiro atoms. The monoisotopic (exact) mass is 380 g/mol. The Kier molecular flexibility index (Phi) is 5.65. The number of aromatic hydroxyl groups is 1. The average molecular weight is 380 g/mol. The molecule has 0 saturated carbocycles. The number of carbonyl (C=O) groups excluding carboxylic acids is 2. The van der Waals surface area contributed by atoms with Gasteiger partial charge in [0.25, 0.3) is 5.91 Å². The van der Waals surface area contributed by atoms with E-state index in [4.69, 9.17) is 5.73 Å². The summed E-state index contributed by atoms with van der Waals surface area (Å²) in [4.78, 5) is 28.6. The van der Waals surface area contributed by atoms with Crippen molar-refractivity contribution in [1.82, 2.24) is 9.80 Å². The molecule has 0 saturated heterocycles. The number of hydrogen-bond acceptors (Lipinski definition) is 5. The topological polar surface area (TPSA) is 98.9 Å². The fraction of sp³-hybridized carbons (Fsp3) is 0.238. The van der Waals surface area contributed by atoms with Gasteiger partial charge in [-0.25, -0.2) is 0 Å². The van der Waals surface area contributed by atoms with Crippen LogP contribution in [-0.2, 0) is 17.9 Å². The van der Waals surface area contributed by atoms with Crippen LogP contribution in [0.4, 0.5) is 11.4 Å². The number of nitrogens with zero attached hydrogens (tertiary/aromatic N) is 2. The largest absolute Gasteiger partial charge is 0.507 e. The van der Waals surface area contributed by atoms with Gasteiger partial charge in [0.15, 0.2) is 0 Å². The van der Waals surface area contributed by atoms with Crippen LogP contribution in [-0.4, -0.2) is 47.4 Å². The van der Waals surface area contributed by atoms with Crippen LogP contribution in [0.3, 0.4) is 0 Å². The first-order valence-corrected chi connectivity index (χ1v) is 8.96. The third-order valence-corrected chi connectivity index (χ3v) is 4.52. The standard InChI is InChI=1S/C21H24N4O3/c1-24(2)10-4-7-20(27)23-18-6-3-5-14-12-25(13-17(14)18)21(28)16-9-8-15(22)11-19(16)26/h3-9,11,26H,10,12-13,22H2,1-2H3,(H,23,27)/b7-4+. The molecule has 7 heteroatoms. The third kappa shape index (κ3) is 4.32. The highest BCUT2D eigenvalue weighted by Gasteiger charge is 2.27. The van der Waals surface area contributed by atoms with E-state index in [9.17, 15) is 14.7 Å². The van der Waals surface area contributed by atoms with Crippen molar-refractivity contribution in [3.63, 3.8) is 0 Å². The Bertz CT molecular complexity index is 937. The lowest BCUT2D eigenvalue weighted by Gasteiger charge is -2.16. The van der Waals surface area contributed by atoms with E-state index in [1.807, 2.05) is 37.2 Å². The van der Waals surface area contributed by atoms with Gasteiger partial charge in [0.2, 0.25) is 5.91 Å². The summed E-state index contributed by atoms with van der Waals surface area (Å²) in [6.45, 7) is 1.45. The molecule has 0 unspecified atom stereocenters. The van der Waals surface area contributed by atoms with Crippen LogP contribution < -0.4 is 11.1 Å². The van der Waals surface area contributed by atoms with E-state index in [2.05, 4.69) is 5.32 Å². The predicted molar refractivity (Wildman–Crippen MR) is 109 cm³/mol. The van der Waals surface area contributed by atoms with Crippen LogP contribution in [0.5, 0.6) is 5.75 Å². The summed E-state index contributed by atoms with van der Waals surface area (Å²) in [6, 6.07) is 10.1. The van der Waals surface area contributed by atoms with Crippen LogP contribution in [0, 0.1) is 0 Å². The molecule has 2 aromatic rings. The van der Waals surface area contributed by atoms with E-state index in [0.29, 0.717) is 31.0 Å². The van der Waals surface area contributed by atoms with Crippen LogP contribution >= 0.6 is 0 Å². The quantitative estimate of drug-likeness (QED) is 0.545. The normalized spacial score (nSPS) is 13.2. The van der Waals surface area contributed by atoms with Crippen LogP contribution in [0.25, 0.3) is 0 Å². The molecule has 0 aromatic heterocycles. The molecule has 0 aliphatic carbocycles. The van der Waals surface area contributed by atoms with Gasteiger partial charge in [-0.2, -0.15) is 0 Å². The van der Waals surface area contributed by atoms with Gasteiger partial charge in [-0.15, -0.1) is 0 Å². The first-order chi connectivity index (χ1) is 13.3. The first kappa shape index (κ1) is 19.4. The average Bonchev–Trinajstić information content (AvgIpc) is 3.06. The minimum atomic E-state index is -0.281. The summed E-state index contributed by atoms with van der Waals surface area (Å²) in [5.41, 5.74) is 8.80. The summed E-state index contributed by atoms with van der Waals surface area (Å²) in [6.07, 6.45) is 3.29. The smallest absolute Gasteiger partial charge is 0.258 e. The SMILES string of the molecule is CN(C)C/C=C/C(=O)Nc1cccc2c1CN(C(=O)c1ccc(N)cc1O)C2. The molecule has 1 aliphatic rings. The number of benzene rings is 2. The molecule has 3 rings (SSSR count). The van der Waals surface area contributed by atoms with Gasteiger partial charge in [-0.3, -0.25) is 9.59 Å². The van der Waals surface area contributed by atoms with Crippen molar-refractivity contribution < 1.29 is 14.7 Å². The minimum absolute atomic E-state index is 0.138. The molecule has 28 heavy (non-hydrogen) atoms. The first-order valence-electron chi connectivity index (χ1n) is 8.96. The fourth-order valence-electron chi connectivity index (χ4n) is 3.13. The Labute approximate surface area is 164 Å². The van der Waals surface area contributed by atoms with Gasteiger partial charge in [0.1, 0.15) is 5.75 Å². The number of nitrogen functional groups attached to an aromatic ring is 1. The molecule has 7 nitrogen and oxygen atoms in total. The van der Waals surface area contributed by atoms with E-state index in [1.165, 1.54) is 18.2 Å². The Balaban J connectivity index is 1.74. The zero-order valence-corrected chi connectivity index (χ0v) is 16.0. The second-order valence-electron chi connectivity index (χ2n) is 7.03. The van der Waals surface area contributed by atoms with Crippen molar-refractivity contribution in [1.29, 1.82) is 0 Å². The van der Waals surface area contributed by atoms with E-state index >= 15 is 0 Å². The maximum Gasteiger partial charge on any atom is 0.258 e. The number of phenolic OH excluding ortho intramolecular Hbond substituents is 1. The molecule has 4 N–H and O–H groups in total. The number of phenols is 1. The Hall–Kier alpha value is -3.32. The number of fused-ring (bicyclic) bond motifs is 1. The van der Waals surface area contributed by atoms with Crippen molar-refractivity contribution in [2.24, 2.45) is 0 Å². The maximum atomic E-state index is 12.8. The van der Waals surface area contributed by atoms with Crippen LogP contribution in [0.15, 0.2) is 48.6 Å². The minimum Gasteiger partial charge on any atom is -0.507 e. The molecule has 0 bridgehead atoms. The van der Waals surface area contributed by atoms with E-state index < -0.39 is 0 Å². The number of amides is 2. The molecule has 0 fully saturated rings. The van der Waals surface area contributed by atoms with Crippen LogP contribution in [0.2, 0.25) is 0 Å². The zero-order valence-electron chi connectivity index (χ0n) is 16.0. The highest BCUT2D eigenvalue weighted by molar-refractivity contribution is 6.00. The zero-order chi connectivity index (χ0) is 20.3. The number of hydrogen-bond donors (Lipinski definition) is 3. The fourth-order valence-corrected chi connectivity index (χ4v) is 3.13. The Morgan fingerprint density at radius 2 is 2.04 bits per heavy atom. The molecule has 2 amide bonds. The number of likely N-dealkylation sites (N-methyl/N-ethyl adjacent to an activating group) is 1. The molecular weight excluding hydrogens is 356 g/mol. The lowest BCUT2D eigenvalue weighted by Crippen LogP contribution is -2.25. The number of carbonyl (C=O) groups is 2. The van der Waals surface area contributed by atoms with Crippen LogP contribution in [0.1, 0.15) is 21.5 Å². The summed E-state index contributed by atoms with van der Waals surface area (Å²) < 4.78 is 0. The molecule has 1 heterocycles. The van der Waals surface area contributed by atoms with Crippen molar-refractivity contribution in [2.75, 3.05) is 31.7 Å². The molecule has 1 aliphatic heterocycles. The Morgan fingerprint density at radius 3 is 2.75 bits per heavy atom. The number of nitrogens with two attached hydrogens (primary N) is 1. The third-order valence-electron chi connectivity index (χ3n) is 4.52. The molecule has 146 valence electrons. The summed E-state index contributed by atoms with van der Waals surface area (Å²) in [5.74, 6) is -0.631. The van der Waals surface area contributed by atoms with Crippen molar-refractivity contribution >= 4 is 23.2 Å². The van der Waals surface area contributed by atoms with Crippen molar-refractivity contribution in [2.45, 2.75) is 13.1 Å². The lowest BCUT2D eigenvalue weighted by molar-refractivity contribution is -0.111. The number of nitrogens with one attached hydrogen (secondary N) is 1. The lowest BCUT2D eigenvalue weighted by atomic mass is 10.1. The van der Waals surface area contributed by atoms with Gasteiger partial charge in [0.05, 0.1) is 5.56 Å². The summed E-state index contributed by atoms with van der Waals surface area (Å²) >= 11 is 0. The number of anilines is 2. The molecule has 0 radical (unpaired) electrons. The molecular formula is C21H24N4O3. The highest BCUT2D eigenvalue weighted by atomic mass is 16.3. The van der Waals surface area contributed by atoms with E-state index in [0.717, 1.165) is 11.1 Å². The Morgan fingerprint density at radius 1 is 1.25 bits per heavy atom. The molecule has 2 aromatic carbocycles. The number of rotatable bonds is 5. The van der Waals surface area contributed by atoms with Gasteiger partial charge in [-0.05, 0) is 37.9 Å². The van der Waals surface area contributed by atoms with E-state index in [1.54, 1.807) is 17.0 Å². The highest BCUT2D eigenvalue weighted by Crippen LogP contribution is 2.32. The van der Waals surface area contributed by atoms with Crippen molar-refractivity contribution in [3.05, 3.63) is 65.2 Å². The second kappa shape index (κ2) is 8.14. The second-order valence-corrected chi connectivity index (χ2v) is 7.03. The summed E-state index contributed by atoms with van der Waals surface area (Å²) in [7, 11) is 3.85. The predicted octanol–water partition coefficient (Wildman–Crippen LogP) is 2.19. The van der Waals surface area contributed by atoms with Gasteiger partial charge < -0.3 is 26.0 Å². The van der Waals surface area contributed by atoms with E-state index in [-0.39, 0.29) is 23.1 Å². The van der Waals surface area contributed by atoms with Gasteiger partial charge in [-0.1, -0.05) is 18.2 Å². The van der Waals surface area contributed by atoms with Gasteiger partial charge in [0, 0.05) is 48.7 Å². The maximum absolute atomic E-state index is 12.8. The molecule has 0 atom stereocenters.